The highest BCUT2D eigenvalue weighted by Gasteiger charge is 2.13. The van der Waals surface area contributed by atoms with Crippen LogP contribution in [0.3, 0.4) is 0 Å². The lowest BCUT2D eigenvalue weighted by Gasteiger charge is -2.07. The molecule has 0 aliphatic carbocycles. The molecule has 1 aromatic rings. The minimum absolute atomic E-state index is 0.0709. The van der Waals surface area contributed by atoms with Crippen LogP contribution < -0.4 is 4.74 Å². The molecule has 0 fully saturated rings. The van der Waals surface area contributed by atoms with Crippen molar-refractivity contribution in [3.8, 4) is 5.75 Å². The monoisotopic (exact) mass is 234 g/mol. The average molecular weight is 235 g/mol. The number of halogens is 2. The minimum atomic E-state index is -1.10. The summed E-state index contributed by atoms with van der Waals surface area (Å²) in [5, 5.41) is 8.03. The summed E-state index contributed by atoms with van der Waals surface area (Å²) in [6.07, 6.45) is 0. The Morgan fingerprint density at radius 1 is 1.43 bits per heavy atom. The Labute approximate surface area is 91.2 Å². The van der Waals surface area contributed by atoms with Gasteiger partial charge in [-0.25, -0.2) is 0 Å². The highest BCUT2D eigenvalue weighted by Crippen LogP contribution is 2.16. The molecule has 1 atom stereocenters. The van der Waals surface area contributed by atoms with Crippen LogP contribution in [0.5, 0.6) is 5.75 Å². The topological polar surface area (TPSA) is 46.5 Å². The maximum atomic E-state index is 10.3. The Kier molecular flexibility index (Phi) is 4.04. The van der Waals surface area contributed by atoms with E-state index in [4.69, 9.17) is 33.0 Å². The van der Waals surface area contributed by atoms with Crippen LogP contribution in [0.4, 0.5) is 0 Å². The van der Waals surface area contributed by atoms with Gasteiger partial charge in [0.05, 0.1) is 0 Å². The van der Waals surface area contributed by atoms with Gasteiger partial charge in [0.2, 0.25) is 0 Å². The molecule has 0 amide bonds. The fourth-order valence-electron chi connectivity index (χ4n) is 0.771. The van der Waals surface area contributed by atoms with Gasteiger partial charge in [-0.1, -0.05) is 11.6 Å². The summed E-state index contributed by atoms with van der Waals surface area (Å²) >= 11 is 11.1. The first-order valence-corrected chi connectivity index (χ1v) is 4.66. The SMILES string of the molecule is O=C(O)C(Cl)COc1ccc(Cl)cc1. The summed E-state index contributed by atoms with van der Waals surface area (Å²) in [6, 6.07) is 6.60. The molecular weight excluding hydrogens is 227 g/mol. The first kappa shape index (κ1) is 11.1. The first-order chi connectivity index (χ1) is 6.59. The summed E-state index contributed by atoms with van der Waals surface area (Å²) in [5.41, 5.74) is 0. The van der Waals surface area contributed by atoms with Crippen LogP contribution >= 0.6 is 23.2 Å². The zero-order chi connectivity index (χ0) is 10.6. The van der Waals surface area contributed by atoms with Crippen molar-refractivity contribution in [2.24, 2.45) is 0 Å². The molecule has 14 heavy (non-hydrogen) atoms. The van der Waals surface area contributed by atoms with Crippen LogP contribution in [0.15, 0.2) is 24.3 Å². The van der Waals surface area contributed by atoms with Gasteiger partial charge >= 0.3 is 5.97 Å². The van der Waals surface area contributed by atoms with Crippen molar-refractivity contribution in [1.29, 1.82) is 0 Å². The number of carbonyl (C=O) groups is 1. The van der Waals surface area contributed by atoms with E-state index < -0.39 is 11.3 Å². The summed E-state index contributed by atoms with van der Waals surface area (Å²) < 4.78 is 5.11. The maximum Gasteiger partial charge on any atom is 0.325 e. The third-order valence-electron chi connectivity index (χ3n) is 1.48. The van der Waals surface area contributed by atoms with Crippen molar-refractivity contribution in [1.82, 2.24) is 0 Å². The molecular formula is C9H8Cl2O3. The lowest BCUT2D eigenvalue weighted by molar-refractivity contribution is -0.137. The van der Waals surface area contributed by atoms with E-state index in [1.165, 1.54) is 0 Å². The molecule has 1 aromatic carbocycles. The molecule has 3 nitrogen and oxygen atoms in total. The number of carboxylic acid groups (broad SMARTS) is 1. The molecule has 0 heterocycles. The Bertz CT molecular complexity index is 310. The van der Waals surface area contributed by atoms with Gasteiger partial charge in [0.1, 0.15) is 12.4 Å². The second kappa shape index (κ2) is 5.08. The van der Waals surface area contributed by atoms with Gasteiger partial charge in [0.15, 0.2) is 5.38 Å². The highest BCUT2D eigenvalue weighted by atomic mass is 35.5. The second-order valence-electron chi connectivity index (χ2n) is 2.57. The molecule has 76 valence electrons. The van der Waals surface area contributed by atoms with Gasteiger partial charge in [0.25, 0.3) is 0 Å². The number of hydrogen-bond donors (Lipinski definition) is 1. The molecule has 5 heteroatoms. The van der Waals surface area contributed by atoms with E-state index in [1.54, 1.807) is 24.3 Å². The molecule has 0 aliphatic heterocycles. The predicted molar refractivity (Wildman–Crippen MR) is 54.2 cm³/mol. The molecule has 0 aromatic heterocycles. The largest absolute Gasteiger partial charge is 0.491 e. The third kappa shape index (κ3) is 3.44. The first-order valence-electron chi connectivity index (χ1n) is 3.85. The fourth-order valence-corrected chi connectivity index (χ4v) is 0.960. The summed E-state index contributed by atoms with van der Waals surface area (Å²) in [5.74, 6) is -0.554. The van der Waals surface area contributed by atoms with Crippen molar-refractivity contribution >= 4 is 29.2 Å². The fraction of sp³-hybridized carbons (Fsp3) is 0.222. The maximum absolute atomic E-state index is 10.3. The number of alkyl halides is 1. The van der Waals surface area contributed by atoms with Gasteiger partial charge in [-0.05, 0) is 24.3 Å². The molecule has 1 unspecified atom stereocenters. The van der Waals surface area contributed by atoms with Crippen molar-refractivity contribution in [3.63, 3.8) is 0 Å². The van der Waals surface area contributed by atoms with Crippen LogP contribution in [0.2, 0.25) is 5.02 Å². The lowest BCUT2D eigenvalue weighted by Crippen LogP contribution is -2.21. The highest BCUT2D eigenvalue weighted by molar-refractivity contribution is 6.30. The van der Waals surface area contributed by atoms with Crippen molar-refractivity contribution in [3.05, 3.63) is 29.3 Å². The van der Waals surface area contributed by atoms with Crippen LogP contribution in [-0.4, -0.2) is 23.1 Å². The van der Waals surface area contributed by atoms with Gasteiger partial charge in [0, 0.05) is 5.02 Å². The van der Waals surface area contributed by atoms with Gasteiger partial charge in [-0.2, -0.15) is 0 Å². The number of benzene rings is 1. The van der Waals surface area contributed by atoms with Crippen LogP contribution in [0.25, 0.3) is 0 Å². The minimum Gasteiger partial charge on any atom is -0.491 e. The van der Waals surface area contributed by atoms with E-state index >= 15 is 0 Å². The smallest absolute Gasteiger partial charge is 0.325 e. The summed E-state index contributed by atoms with van der Waals surface area (Å²) in [7, 11) is 0. The van der Waals surface area contributed by atoms with Crippen molar-refractivity contribution in [2.45, 2.75) is 5.38 Å². The lowest BCUT2D eigenvalue weighted by atomic mass is 10.3. The molecule has 1 rings (SSSR count). The second-order valence-corrected chi connectivity index (χ2v) is 3.53. The molecule has 0 saturated carbocycles. The van der Waals surface area contributed by atoms with Crippen LogP contribution in [0.1, 0.15) is 0 Å². The van der Waals surface area contributed by atoms with Crippen molar-refractivity contribution in [2.75, 3.05) is 6.61 Å². The molecule has 0 saturated heterocycles. The molecule has 0 bridgehead atoms. The molecule has 0 spiro atoms. The third-order valence-corrected chi connectivity index (χ3v) is 2.04. The number of hydrogen-bond acceptors (Lipinski definition) is 2. The Balaban J connectivity index is 2.46. The standard InChI is InChI=1S/C9H8Cl2O3/c10-6-1-3-7(4-2-6)14-5-8(11)9(12)13/h1-4,8H,5H2,(H,12,13). The van der Waals surface area contributed by atoms with Crippen LogP contribution in [0, 0.1) is 0 Å². The quantitative estimate of drug-likeness (QED) is 0.815. The van der Waals surface area contributed by atoms with Crippen LogP contribution in [-0.2, 0) is 4.79 Å². The summed E-state index contributed by atoms with van der Waals surface area (Å²) in [4.78, 5) is 10.3. The predicted octanol–water partition coefficient (Wildman–Crippen LogP) is 2.41. The zero-order valence-electron chi connectivity index (χ0n) is 7.11. The normalized spacial score (nSPS) is 12.1. The van der Waals surface area contributed by atoms with Gasteiger partial charge in [-0.15, -0.1) is 11.6 Å². The van der Waals surface area contributed by atoms with E-state index in [2.05, 4.69) is 0 Å². The summed E-state index contributed by atoms with van der Waals surface area (Å²) in [6.45, 7) is -0.0709. The van der Waals surface area contributed by atoms with Gasteiger partial charge in [-0.3, -0.25) is 4.79 Å². The molecule has 0 radical (unpaired) electrons. The van der Waals surface area contributed by atoms with E-state index in [1.807, 2.05) is 0 Å². The molecule has 1 N–H and O–H groups in total. The number of aliphatic carboxylic acids is 1. The van der Waals surface area contributed by atoms with E-state index in [-0.39, 0.29) is 6.61 Å². The Hall–Kier alpha value is -0.930. The Morgan fingerprint density at radius 3 is 2.50 bits per heavy atom. The number of carboxylic acids is 1. The van der Waals surface area contributed by atoms with E-state index in [0.29, 0.717) is 10.8 Å². The Morgan fingerprint density at radius 2 is 2.00 bits per heavy atom. The number of ether oxygens (including phenoxy) is 1. The zero-order valence-corrected chi connectivity index (χ0v) is 8.63. The van der Waals surface area contributed by atoms with Gasteiger partial charge < -0.3 is 9.84 Å². The molecule has 0 aliphatic rings. The average Bonchev–Trinajstić information content (AvgIpc) is 2.16. The van der Waals surface area contributed by atoms with E-state index in [0.717, 1.165) is 0 Å². The number of rotatable bonds is 4. The van der Waals surface area contributed by atoms with Crippen molar-refractivity contribution < 1.29 is 14.6 Å². The van der Waals surface area contributed by atoms with E-state index in [9.17, 15) is 4.79 Å².